The number of aliphatic hydroxyl groups is 1. The average molecular weight is 302 g/mol. The molecule has 1 heterocycles. The fraction of sp³-hybridized carbons (Fsp3) is 0.500. The third kappa shape index (κ3) is 3.22. The highest BCUT2D eigenvalue weighted by Crippen LogP contribution is 2.25. The summed E-state index contributed by atoms with van der Waals surface area (Å²) in [6, 6.07) is 4.74. The number of aliphatic hydroxyl groups excluding tert-OH is 1. The minimum absolute atomic E-state index is 0.0158. The molecule has 0 bridgehead atoms. The van der Waals surface area contributed by atoms with Crippen LogP contribution < -0.4 is 4.74 Å². The Morgan fingerprint density at radius 3 is 3.05 bits per heavy atom. The first-order valence-corrected chi connectivity index (χ1v) is 6.83. The van der Waals surface area contributed by atoms with Crippen LogP contribution in [0.4, 0.5) is 4.39 Å². The Balaban J connectivity index is 1.97. The third-order valence-electron chi connectivity index (χ3n) is 3.46. The number of alkyl halides is 1. The van der Waals surface area contributed by atoms with Gasteiger partial charge in [-0.3, -0.25) is 4.79 Å². The molecule has 1 amide bonds. The van der Waals surface area contributed by atoms with Crippen LogP contribution in [0.3, 0.4) is 0 Å². The molecule has 0 spiro atoms. The van der Waals surface area contributed by atoms with Gasteiger partial charge in [0, 0.05) is 17.0 Å². The molecule has 0 aliphatic carbocycles. The fourth-order valence-corrected chi connectivity index (χ4v) is 2.47. The van der Waals surface area contributed by atoms with Crippen molar-refractivity contribution in [2.24, 2.45) is 0 Å². The first-order chi connectivity index (χ1) is 9.52. The predicted molar refractivity (Wildman–Crippen MR) is 73.8 cm³/mol. The van der Waals surface area contributed by atoms with Crippen LogP contribution in [0, 0.1) is 6.92 Å². The standard InChI is InChI=1S/C14H17ClFNO3/c1-9-12(15)3-2-4-13(9)20-8-14(19)17-6-10(16)5-11(17)7-18/h2-4,10-11,18H,5-8H2,1H3/t10-,11-/m0/s1. The normalized spacial score (nSPS) is 22.1. The zero-order chi connectivity index (χ0) is 14.7. The predicted octanol–water partition coefficient (Wildman–Crippen LogP) is 1.96. The first kappa shape index (κ1) is 15.1. The number of carbonyl (C=O) groups is 1. The van der Waals surface area contributed by atoms with Crippen molar-refractivity contribution in [2.75, 3.05) is 19.8 Å². The van der Waals surface area contributed by atoms with Crippen LogP contribution in [-0.2, 0) is 4.79 Å². The van der Waals surface area contributed by atoms with E-state index in [1.165, 1.54) is 4.90 Å². The molecule has 2 rings (SSSR count). The van der Waals surface area contributed by atoms with E-state index in [-0.39, 0.29) is 32.1 Å². The highest BCUT2D eigenvalue weighted by molar-refractivity contribution is 6.31. The topological polar surface area (TPSA) is 49.8 Å². The van der Waals surface area contributed by atoms with E-state index in [0.717, 1.165) is 5.56 Å². The van der Waals surface area contributed by atoms with Crippen molar-refractivity contribution in [1.29, 1.82) is 0 Å². The Morgan fingerprint density at radius 2 is 2.35 bits per heavy atom. The van der Waals surface area contributed by atoms with E-state index in [4.69, 9.17) is 21.4 Å². The summed E-state index contributed by atoms with van der Waals surface area (Å²) in [7, 11) is 0. The number of hydrogen-bond donors (Lipinski definition) is 1. The summed E-state index contributed by atoms with van der Waals surface area (Å²) >= 11 is 5.96. The quantitative estimate of drug-likeness (QED) is 0.925. The van der Waals surface area contributed by atoms with Gasteiger partial charge in [0.25, 0.3) is 5.91 Å². The number of halogens is 2. The number of ether oxygens (including phenoxy) is 1. The zero-order valence-electron chi connectivity index (χ0n) is 11.2. The molecule has 1 aliphatic heterocycles. The second-order valence-corrected chi connectivity index (χ2v) is 5.27. The molecule has 0 unspecified atom stereocenters. The molecule has 0 aromatic heterocycles. The van der Waals surface area contributed by atoms with E-state index >= 15 is 0 Å². The molecule has 1 fully saturated rings. The van der Waals surface area contributed by atoms with Crippen molar-refractivity contribution in [3.63, 3.8) is 0 Å². The van der Waals surface area contributed by atoms with E-state index in [1.54, 1.807) is 25.1 Å². The molecule has 20 heavy (non-hydrogen) atoms. The summed E-state index contributed by atoms with van der Waals surface area (Å²) in [6.07, 6.45) is -0.901. The molecule has 1 saturated heterocycles. The van der Waals surface area contributed by atoms with E-state index in [9.17, 15) is 9.18 Å². The monoisotopic (exact) mass is 301 g/mol. The van der Waals surface area contributed by atoms with Crippen LogP contribution in [0.25, 0.3) is 0 Å². The lowest BCUT2D eigenvalue weighted by Crippen LogP contribution is -2.40. The number of nitrogens with zero attached hydrogens (tertiary/aromatic N) is 1. The van der Waals surface area contributed by atoms with Crippen molar-refractivity contribution >= 4 is 17.5 Å². The molecule has 1 aliphatic rings. The van der Waals surface area contributed by atoms with Crippen LogP contribution in [0.15, 0.2) is 18.2 Å². The Bertz CT molecular complexity index is 497. The third-order valence-corrected chi connectivity index (χ3v) is 3.87. The average Bonchev–Trinajstić information content (AvgIpc) is 2.81. The number of rotatable bonds is 4. The second kappa shape index (κ2) is 6.41. The van der Waals surface area contributed by atoms with E-state index < -0.39 is 12.2 Å². The Labute approximate surface area is 122 Å². The fourth-order valence-electron chi connectivity index (χ4n) is 2.30. The summed E-state index contributed by atoms with van der Waals surface area (Å²) in [5.41, 5.74) is 0.755. The summed E-state index contributed by atoms with van der Waals surface area (Å²) < 4.78 is 18.7. The van der Waals surface area contributed by atoms with Gasteiger partial charge in [0.2, 0.25) is 0 Å². The van der Waals surface area contributed by atoms with Crippen LogP contribution in [0.1, 0.15) is 12.0 Å². The van der Waals surface area contributed by atoms with Gasteiger partial charge in [0.05, 0.1) is 19.2 Å². The van der Waals surface area contributed by atoms with Gasteiger partial charge >= 0.3 is 0 Å². The van der Waals surface area contributed by atoms with Crippen LogP contribution >= 0.6 is 11.6 Å². The van der Waals surface area contributed by atoms with Crippen molar-refractivity contribution in [2.45, 2.75) is 25.6 Å². The maximum absolute atomic E-state index is 13.3. The molecule has 0 saturated carbocycles. The number of carbonyl (C=O) groups excluding carboxylic acids is 1. The van der Waals surface area contributed by atoms with Gasteiger partial charge < -0.3 is 14.7 Å². The number of hydrogen-bond acceptors (Lipinski definition) is 3. The van der Waals surface area contributed by atoms with Gasteiger partial charge in [-0.25, -0.2) is 4.39 Å². The number of benzene rings is 1. The minimum atomic E-state index is -1.08. The van der Waals surface area contributed by atoms with Gasteiger partial charge in [-0.1, -0.05) is 17.7 Å². The summed E-state index contributed by atoms with van der Waals surface area (Å²) in [5.74, 6) is 0.200. The molecule has 0 radical (unpaired) electrons. The van der Waals surface area contributed by atoms with Crippen molar-refractivity contribution in [1.82, 2.24) is 4.90 Å². The molecule has 2 atom stereocenters. The highest BCUT2D eigenvalue weighted by atomic mass is 35.5. The smallest absolute Gasteiger partial charge is 0.260 e. The van der Waals surface area contributed by atoms with Gasteiger partial charge in [0.15, 0.2) is 6.61 Å². The Hall–Kier alpha value is -1.33. The van der Waals surface area contributed by atoms with Crippen molar-refractivity contribution in [3.8, 4) is 5.75 Å². The zero-order valence-corrected chi connectivity index (χ0v) is 11.9. The summed E-state index contributed by atoms with van der Waals surface area (Å²) in [5, 5.41) is 9.71. The maximum Gasteiger partial charge on any atom is 0.260 e. The van der Waals surface area contributed by atoms with E-state index in [1.807, 2.05) is 0 Å². The largest absolute Gasteiger partial charge is 0.483 e. The summed E-state index contributed by atoms with van der Waals surface area (Å²) in [6.45, 7) is 1.39. The van der Waals surface area contributed by atoms with Gasteiger partial charge in [-0.05, 0) is 19.1 Å². The molecular formula is C14H17ClFNO3. The molecule has 6 heteroatoms. The molecule has 1 aromatic rings. The number of likely N-dealkylation sites (tertiary alicyclic amines) is 1. The van der Waals surface area contributed by atoms with Crippen LogP contribution in [-0.4, -0.2) is 47.9 Å². The Morgan fingerprint density at radius 1 is 1.60 bits per heavy atom. The lowest BCUT2D eigenvalue weighted by molar-refractivity contribution is -0.135. The van der Waals surface area contributed by atoms with Gasteiger partial charge in [0.1, 0.15) is 11.9 Å². The molecular weight excluding hydrogens is 285 g/mol. The van der Waals surface area contributed by atoms with Crippen LogP contribution in [0.5, 0.6) is 5.75 Å². The minimum Gasteiger partial charge on any atom is -0.483 e. The lowest BCUT2D eigenvalue weighted by Gasteiger charge is -2.22. The maximum atomic E-state index is 13.3. The number of amides is 1. The molecule has 110 valence electrons. The lowest BCUT2D eigenvalue weighted by atomic mass is 10.2. The van der Waals surface area contributed by atoms with Gasteiger partial charge in [-0.15, -0.1) is 0 Å². The van der Waals surface area contributed by atoms with Crippen molar-refractivity contribution in [3.05, 3.63) is 28.8 Å². The van der Waals surface area contributed by atoms with E-state index in [2.05, 4.69) is 0 Å². The Kier molecular flexibility index (Phi) is 4.83. The van der Waals surface area contributed by atoms with Crippen LogP contribution in [0.2, 0.25) is 5.02 Å². The molecule has 1 aromatic carbocycles. The van der Waals surface area contributed by atoms with E-state index in [0.29, 0.717) is 10.8 Å². The summed E-state index contributed by atoms with van der Waals surface area (Å²) in [4.78, 5) is 13.4. The van der Waals surface area contributed by atoms with Gasteiger partial charge in [-0.2, -0.15) is 0 Å². The molecule has 1 N–H and O–H groups in total. The highest BCUT2D eigenvalue weighted by Gasteiger charge is 2.34. The SMILES string of the molecule is Cc1c(Cl)cccc1OCC(=O)N1C[C@@H](F)C[C@H]1CO. The first-order valence-electron chi connectivity index (χ1n) is 6.45. The molecule has 4 nitrogen and oxygen atoms in total. The second-order valence-electron chi connectivity index (χ2n) is 4.87. The van der Waals surface area contributed by atoms with Crippen molar-refractivity contribution < 1.29 is 19.0 Å².